The number of rotatable bonds is 4. The lowest BCUT2D eigenvalue weighted by Gasteiger charge is -2.09. The van der Waals surface area contributed by atoms with Crippen LogP contribution in [0, 0.1) is 6.92 Å². The Balaban J connectivity index is 1.53. The molecule has 3 heterocycles. The van der Waals surface area contributed by atoms with Crippen molar-refractivity contribution in [3.05, 3.63) is 76.5 Å². The molecule has 1 amide bonds. The Bertz CT molecular complexity index is 1050. The lowest BCUT2D eigenvalue weighted by atomic mass is 10.0. The third kappa shape index (κ3) is 3.85. The van der Waals surface area contributed by atoms with Gasteiger partial charge in [-0.25, -0.2) is 19.9 Å². The van der Waals surface area contributed by atoms with Crippen LogP contribution in [0.25, 0.3) is 0 Å². The molecular weight excluding hydrogens is 362 g/mol. The first kappa shape index (κ1) is 17.3. The van der Waals surface area contributed by atoms with Crippen LogP contribution < -0.4 is 5.32 Å². The number of fused-ring (bicyclic) bond motifs is 1. The molecule has 0 unspecified atom stereocenters. The van der Waals surface area contributed by atoms with Crippen LogP contribution in [0.15, 0.2) is 53.9 Å². The van der Waals surface area contributed by atoms with Crippen LogP contribution in [-0.4, -0.2) is 26.6 Å². The van der Waals surface area contributed by atoms with E-state index in [0.717, 1.165) is 28.2 Å². The number of anilines is 1. The summed E-state index contributed by atoms with van der Waals surface area (Å²) in [5.41, 5.74) is 4.46. The number of halogens is 1. The first-order valence-corrected chi connectivity index (χ1v) is 8.85. The maximum Gasteiger partial charge on any atom is 0.232 e. The molecule has 0 fully saturated rings. The van der Waals surface area contributed by atoms with E-state index in [1.54, 1.807) is 36.8 Å². The number of carbonyl (C=O) groups excluding carboxylic acids is 1. The maximum atomic E-state index is 12.3. The summed E-state index contributed by atoms with van der Waals surface area (Å²) < 4.78 is 0. The largest absolute Gasteiger partial charge is 0.326 e. The van der Waals surface area contributed by atoms with Crippen LogP contribution >= 0.6 is 11.6 Å². The lowest BCUT2D eigenvalue weighted by Crippen LogP contribution is -2.16. The van der Waals surface area contributed by atoms with E-state index in [-0.39, 0.29) is 12.3 Å². The Hall–Kier alpha value is -3.12. The van der Waals surface area contributed by atoms with E-state index < -0.39 is 0 Å². The predicted molar refractivity (Wildman–Crippen MR) is 105 cm³/mol. The summed E-state index contributed by atoms with van der Waals surface area (Å²) in [5.74, 6) is 1.01. The summed E-state index contributed by atoms with van der Waals surface area (Å²) in [6.45, 7) is 2.00. The fourth-order valence-corrected chi connectivity index (χ4v) is 3.18. The molecular formula is C20H16ClN5O. The average molecular weight is 378 g/mol. The molecule has 4 rings (SSSR count). The molecule has 1 aliphatic rings. The summed E-state index contributed by atoms with van der Waals surface area (Å²) in [4.78, 5) is 29.4. The van der Waals surface area contributed by atoms with Gasteiger partial charge in [0.1, 0.15) is 5.82 Å². The molecule has 0 saturated carbocycles. The van der Waals surface area contributed by atoms with E-state index in [0.29, 0.717) is 23.0 Å². The molecule has 134 valence electrons. The Morgan fingerprint density at radius 2 is 2.00 bits per heavy atom. The van der Waals surface area contributed by atoms with Gasteiger partial charge in [-0.1, -0.05) is 17.7 Å². The number of nitrogens with zero attached hydrogens (tertiary/aromatic N) is 4. The normalized spacial score (nSPS) is 12.4. The summed E-state index contributed by atoms with van der Waals surface area (Å²) in [6, 6.07) is 9.15. The number of benzene rings is 1. The molecule has 3 aromatic rings. The second-order valence-electron chi connectivity index (χ2n) is 6.32. The standard InChI is InChI=1S/C20H16ClN5O/c1-12-7-13-8-17(26-20(13)24-11-12)15-9-14(3-4-16(15)21)25-19(27)10-18-22-5-2-6-23-18/h2-7,9,11H,8,10H2,1H3,(H,25,27). The first-order chi connectivity index (χ1) is 13.1. The number of aryl methyl sites for hydroxylation is 1. The van der Waals surface area contributed by atoms with Crippen molar-refractivity contribution in [2.24, 2.45) is 4.99 Å². The number of nitrogens with one attached hydrogen (secondary N) is 1. The van der Waals surface area contributed by atoms with Gasteiger partial charge in [0.25, 0.3) is 0 Å². The highest BCUT2D eigenvalue weighted by Crippen LogP contribution is 2.31. The summed E-state index contributed by atoms with van der Waals surface area (Å²) >= 11 is 6.38. The molecule has 2 aromatic heterocycles. The third-order valence-corrected chi connectivity index (χ3v) is 4.51. The van der Waals surface area contributed by atoms with Gasteiger partial charge < -0.3 is 5.32 Å². The number of amides is 1. The molecule has 0 bridgehead atoms. The van der Waals surface area contributed by atoms with Gasteiger partial charge in [0, 0.05) is 46.8 Å². The number of hydrogen-bond acceptors (Lipinski definition) is 5. The molecule has 1 aromatic carbocycles. The van der Waals surface area contributed by atoms with E-state index in [9.17, 15) is 4.79 Å². The summed E-state index contributed by atoms with van der Waals surface area (Å²) in [7, 11) is 0. The lowest BCUT2D eigenvalue weighted by molar-refractivity contribution is -0.115. The Morgan fingerprint density at radius 1 is 1.19 bits per heavy atom. The van der Waals surface area contributed by atoms with Crippen LogP contribution in [0.1, 0.15) is 22.5 Å². The molecule has 6 nitrogen and oxygen atoms in total. The van der Waals surface area contributed by atoms with E-state index in [1.165, 1.54) is 0 Å². The highest BCUT2D eigenvalue weighted by Gasteiger charge is 2.20. The monoisotopic (exact) mass is 377 g/mol. The third-order valence-electron chi connectivity index (χ3n) is 4.18. The molecule has 1 N–H and O–H groups in total. The minimum atomic E-state index is -0.191. The molecule has 0 spiro atoms. The van der Waals surface area contributed by atoms with Crippen LogP contribution in [0.3, 0.4) is 0 Å². The smallest absolute Gasteiger partial charge is 0.232 e. The maximum absolute atomic E-state index is 12.3. The van der Waals surface area contributed by atoms with Crippen LogP contribution in [0.2, 0.25) is 5.02 Å². The highest BCUT2D eigenvalue weighted by molar-refractivity contribution is 6.34. The summed E-state index contributed by atoms with van der Waals surface area (Å²) in [5, 5.41) is 3.45. The van der Waals surface area contributed by atoms with Gasteiger partial charge in [-0.15, -0.1) is 0 Å². The second kappa shape index (κ2) is 7.25. The van der Waals surface area contributed by atoms with E-state index >= 15 is 0 Å². The van der Waals surface area contributed by atoms with Crippen molar-refractivity contribution >= 4 is 34.7 Å². The minimum Gasteiger partial charge on any atom is -0.326 e. The fraction of sp³-hybridized carbons (Fsp3) is 0.150. The first-order valence-electron chi connectivity index (χ1n) is 8.47. The van der Waals surface area contributed by atoms with Crippen LogP contribution in [0.5, 0.6) is 0 Å². The molecule has 7 heteroatoms. The highest BCUT2D eigenvalue weighted by atomic mass is 35.5. The van der Waals surface area contributed by atoms with Crippen molar-refractivity contribution in [1.29, 1.82) is 0 Å². The van der Waals surface area contributed by atoms with E-state index in [2.05, 4.69) is 31.3 Å². The molecule has 0 aliphatic carbocycles. The SMILES string of the molecule is Cc1cnc2c(c1)CC(c1cc(NC(=O)Cc3ncccn3)ccc1Cl)=N2. The van der Waals surface area contributed by atoms with Crippen molar-refractivity contribution in [2.75, 3.05) is 5.32 Å². The molecule has 0 radical (unpaired) electrons. The molecule has 0 saturated heterocycles. The van der Waals surface area contributed by atoms with Crippen molar-refractivity contribution in [3.8, 4) is 0 Å². The van der Waals surface area contributed by atoms with Gasteiger partial charge >= 0.3 is 0 Å². The molecule has 0 atom stereocenters. The zero-order valence-corrected chi connectivity index (χ0v) is 15.4. The minimum absolute atomic E-state index is 0.106. The Kier molecular flexibility index (Phi) is 4.64. The van der Waals surface area contributed by atoms with Gasteiger partial charge in [0.15, 0.2) is 5.82 Å². The van der Waals surface area contributed by atoms with Gasteiger partial charge in [-0.05, 0) is 36.8 Å². The van der Waals surface area contributed by atoms with Crippen molar-refractivity contribution < 1.29 is 4.79 Å². The van der Waals surface area contributed by atoms with Gasteiger partial charge in [-0.2, -0.15) is 0 Å². The average Bonchev–Trinajstić information content (AvgIpc) is 3.07. The Morgan fingerprint density at radius 3 is 2.81 bits per heavy atom. The van der Waals surface area contributed by atoms with E-state index in [4.69, 9.17) is 11.6 Å². The number of carbonyl (C=O) groups is 1. The topological polar surface area (TPSA) is 80.1 Å². The predicted octanol–water partition coefficient (Wildman–Crippen LogP) is 3.69. The van der Waals surface area contributed by atoms with Gasteiger partial charge in [0.2, 0.25) is 5.91 Å². The molecule has 1 aliphatic heterocycles. The zero-order valence-electron chi connectivity index (χ0n) is 14.6. The van der Waals surface area contributed by atoms with Crippen molar-refractivity contribution in [3.63, 3.8) is 0 Å². The quantitative estimate of drug-likeness (QED) is 0.751. The summed E-state index contributed by atoms with van der Waals surface area (Å²) in [6.07, 6.45) is 5.80. The molecule has 27 heavy (non-hydrogen) atoms. The fourth-order valence-electron chi connectivity index (χ4n) is 2.95. The van der Waals surface area contributed by atoms with Crippen molar-refractivity contribution in [1.82, 2.24) is 15.0 Å². The van der Waals surface area contributed by atoms with Crippen LogP contribution in [0.4, 0.5) is 11.5 Å². The zero-order chi connectivity index (χ0) is 18.8. The van der Waals surface area contributed by atoms with Crippen molar-refractivity contribution in [2.45, 2.75) is 19.8 Å². The Labute approximate surface area is 161 Å². The van der Waals surface area contributed by atoms with E-state index in [1.807, 2.05) is 13.0 Å². The van der Waals surface area contributed by atoms with Gasteiger partial charge in [0.05, 0.1) is 12.1 Å². The van der Waals surface area contributed by atoms with Gasteiger partial charge in [-0.3, -0.25) is 4.79 Å². The number of hydrogen-bond donors (Lipinski definition) is 1. The number of aliphatic imine (C=N–C) groups is 1. The second-order valence-corrected chi connectivity index (χ2v) is 6.72. The number of aromatic nitrogens is 3. The number of pyridine rings is 1. The van der Waals surface area contributed by atoms with Crippen LogP contribution in [-0.2, 0) is 17.6 Å².